The summed E-state index contributed by atoms with van der Waals surface area (Å²) in [5.74, 6) is 0.796. The lowest BCUT2D eigenvalue weighted by Gasteiger charge is -2.06. The molecule has 2 rings (SSSR count). The number of rotatable bonds is 1. The van der Waals surface area contributed by atoms with Crippen molar-refractivity contribution < 1.29 is 0 Å². The Hall–Kier alpha value is -1.62. The van der Waals surface area contributed by atoms with Gasteiger partial charge in [-0.25, -0.2) is 15.0 Å². The summed E-state index contributed by atoms with van der Waals surface area (Å²) in [6.07, 6.45) is 5.00. The molecule has 0 amide bonds. The topological polar surface area (TPSA) is 54.5 Å². The van der Waals surface area contributed by atoms with Crippen LogP contribution in [0.5, 0.6) is 0 Å². The Morgan fingerprint density at radius 2 is 1.87 bits per heavy atom. The molecule has 15 heavy (non-hydrogen) atoms. The fraction of sp³-hybridized carbons (Fsp3) is 0.200. The molecule has 2 heterocycles. The normalized spacial score (nSPS) is 10.3. The van der Waals surface area contributed by atoms with Crippen molar-refractivity contribution in [1.29, 1.82) is 0 Å². The van der Waals surface area contributed by atoms with Gasteiger partial charge in [-0.05, 0) is 13.8 Å². The molecule has 5 heteroatoms. The zero-order valence-corrected chi connectivity index (χ0v) is 9.30. The zero-order valence-electron chi connectivity index (χ0n) is 8.48. The molecular formula is C10H10N4S. The zero-order chi connectivity index (χ0) is 10.8. The number of hydrogen-bond donors (Lipinski definition) is 1. The highest BCUT2D eigenvalue weighted by Gasteiger charge is 2.05. The second-order valence-corrected chi connectivity index (χ2v) is 3.64. The first kappa shape index (κ1) is 9.92. The van der Waals surface area contributed by atoms with Gasteiger partial charge in [0.1, 0.15) is 16.8 Å². The maximum Gasteiger partial charge on any atom is 0.133 e. The molecule has 76 valence electrons. The van der Waals surface area contributed by atoms with Crippen LogP contribution >= 0.6 is 12.2 Å². The summed E-state index contributed by atoms with van der Waals surface area (Å²) in [6.45, 7) is 3.82. The minimum Gasteiger partial charge on any atom is -0.343 e. The Balaban J connectivity index is 2.68. The Bertz CT molecular complexity index is 533. The summed E-state index contributed by atoms with van der Waals surface area (Å²) in [5, 5.41) is 0. The highest BCUT2D eigenvalue weighted by atomic mass is 32.1. The Kier molecular flexibility index (Phi) is 2.55. The first-order valence-corrected chi connectivity index (χ1v) is 4.92. The second-order valence-electron chi connectivity index (χ2n) is 3.25. The number of H-pyrrole nitrogens is 1. The predicted molar refractivity (Wildman–Crippen MR) is 59.9 cm³/mol. The third kappa shape index (κ3) is 1.92. The van der Waals surface area contributed by atoms with Crippen molar-refractivity contribution in [2.45, 2.75) is 13.8 Å². The monoisotopic (exact) mass is 218 g/mol. The number of aromatic nitrogens is 4. The van der Waals surface area contributed by atoms with E-state index in [4.69, 9.17) is 12.2 Å². The number of nitrogens with one attached hydrogen (secondary N) is 1. The average Bonchev–Trinajstić information content (AvgIpc) is 2.24. The van der Waals surface area contributed by atoms with E-state index in [-0.39, 0.29) is 0 Å². The molecule has 0 bridgehead atoms. The Morgan fingerprint density at radius 1 is 1.20 bits per heavy atom. The first-order chi connectivity index (χ1) is 7.18. The molecule has 0 radical (unpaired) electrons. The molecule has 1 N–H and O–H groups in total. The smallest absolute Gasteiger partial charge is 0.133 e. The van der Waals surface area contributed by atoms with Gasteiger partial charge in [-0.3, -0.25) is 0 Å². The van der Waals surface area contributed by atoms with E-state index in [1.54, 1.807) is 12.4 Å². The summed E-state index contributed by atoms with van der Waals surface area (Å²) in [4.78, 5) is 15.3. The van der Waals surface area contributed by atoms with E-state index in [9.17, 15) is 0 Å². The van der Waals surface area contributed by atoms with E-state index in [0.717, 1.165) is 22.6 Å². The third-order valence-corrected chi connectivity index (χ3v) is 2.52. The molecule has 0 aliphatic heterocycles. The van der Waals surface area contributed by atoms with Crippen LogP contribution in [0, 0.1) is 18.5 Å². The van der Waals surface area contributed by atoms with Crippen molar-refractivity contribution in [2.75, 3.05) is 0 Å². The van der Waals surface area contributed by atoms with Crippen molar-refractivity contribution in [3.8, 4) is 11.3 Å². The largest absolute Gasteiger partial charge is 0.343 e. The lowest BCUT2D eigenvalue weighted by Crippen LogP contribution is -1.96. The van der Waals surface area contributed by atoms with E-state index in [1.807, 2.05) is 13.8 Å². The fourth-order valence-corrected chi connectivity index (χ4v) is 1.60. The van der Waals surface area contributed by atoms with Gasteiger partial charge in [-0.1, -0.05) is 12.2 Å². The number of aromatic amines is 1. The number of aryl methyl sites for hydroxylation is 1. The Morgan fingerprint density at radius 3 is 2.53 bits per heavy atom. The first-order valence-electron chi connectivity index (χ1n) is 4.51. The molecule has 2 aromatic heterocycles. The number of hydrogen-bond acceptors (Lipinski definition) is 4. The summed E-state index contributed by atoms with van der Waals surface area (Å²) < 4.78 is 0.616. The fourth-order valence-electron chi connectivity index (χ4n) is 1.36. The minimum atomic E-state index is 0.616. The summed E-state index contributed by atoms with van der Waals surface area (Å²) >= 11 is 5.16. The van der Waals surface area contributed by atoms with Crippen molar-refractivity contribution in [3.05, 3.63) is 34.7 Å². The molecule has 0 spiro atoms. The van der Waals surface area contributed by atoms with Crippen molar-refractivity contribution in [2.24, 2.45) is 0 Å². The van der Waals surface area contributed by atoms with Crippen LogP contribution in [0.1, 0.15) is 11.4 Å². The predicted octanol–water partition coefficient (Wildman–Crippen LogP) is 2.21. The van der Waals surface area contributed by atoms with Gasteiger partial charge in [-0.15, -0.1) is 0 Å². The lowest BCUT2D eigenvalue weighted by molar-refractivity contribution is 1.02. The average molecular weight is 218 g/mol. The molecule has 0 aliphatic carbocycles. The highest BCUT2D eigenvalue weighted by Crippen LogP contribution is 2.19. The minimum absolute atomic E-state index is 0.616. The van der Waals surface area contributed by atoms with Gasteiger partial charge < -0.3 is 4.98 Å². The van der Waals surface area contributed by atoms with Crippen molar-refractivity contribution in [3.63, 3.8) is 0 Å². The molecule has 0 aromatic carbocycles. The molecule has 4 nitrogen and oxygen atoms in total. The van der Waals surface area contributed by atoms with Gasteiger partial charge in [-0.2, -0.15) is 0 Å². The van der Waals surface area contributed by atoms with Gasteiger partial charge in [0.15, 0.2) is 0 Å². The van der Waals surface area contributed by atoms with E-state index in [1.165, 1.54) is 6.33 Å². The maximum absolute atomic E-state index is 5.16. The molecule has 0 atom stereocenters. The van der Waals surface area contributed by atoms with Crippen LogP contribution in [0.2, 0.25) is 0 Å². The maximum atomic E-state index is 5.16. The van der Waals surface area contributed by atoms with E-state index >= 15 is 0 Å². The summed E-state index contributed by atoms with van der Waals surface area (Å²) in [7, 11) is 0. The summed E-state index contributed by atoms with van der Waals surface area (Å²) in [6, 6.07) is 0. The lowest BCUT2D eigenvalue weighted by atomic mass is 10.1. The molecule has 0 aliphatic rings. The van der Waals surface area contributed by atoms with Crippen LogP contribution in [0.25, 0.3) is 11.3 Å². The molecule has 2 aromatic rings. The van der Waals surface area contributed by atoms with Crippen LogP contribution in [0.15, 0.2) is 18.7 Å². The van der Waals surface area contributed by atoms with Gasteiger partial charge in [0.2, 0.25) is 0 Å². The number of nitrogens with zero attached hydrogens (tertiary/aromatic N) is 3. The van der Waals surface area contributed by atoms with Crippen LogP contribution in [-0.4, -0.2) is 19.9 Å². The van der Waals surface area contributed by atoms with E-state index in [0.29, 0.717) is 4.64 Å². The van der Waals surface area contributed by atoms with Crippen molar-refractivity contribution >= 4 is 12.2 Å². The van der Waals surface area contributed by atoms with Gasteiger partial charge >= 0.3 is 0 Å². The van der Waals surface area contributed by atoms with Gasteiger partial charge in [0.25, 0.3) is 0 Å². The van der Waals surface area contributed by atoms with Crippen LogP contribution < -0.4 is 0 Å². The standard InChI is InChI=1S/C10H10N4S/c1-6-9(8-3-11-5-12-4-8)13-7(2)14-10(6)15/h3-5H,1-2H3,(H,13,14,15). The molecular weight excluding hydrogens is 208 g/mol. The van der Waals surface area contributed by atoms with E-state index < -0.39 is 0 Å². The van der Waals surface area contributed by atoms with Crippen LogP contribution in [-0.2, 0) is 0 Å². The molecule has 0 saturated carbocycles. The molecule has 0 fully saturated rings. The Labute approximate surface area is 92.5 Å². The van der Waals surface area contributed by atoms with E-state index in [2.05, 4.69) is 19.9 Å². The second kappa shape index (κ2) is 3.86. The molecule has 0 unspecified atom stereocenters. The third-order valence-electron chi connectivity index (χ3n) is 2.12. The van der Waals surface area contributed by atoms with Crippen LogP contribution in [0.3, 0.4) is 0 Å². The van der Waals surface area contributed by atoms with Crippen molar-refractivity contribution in [1.82, 2.24) is 19.9 Å². The van der Waals surface area contributed by atoms with Crippen LogP contribution in [0.4, 0.5) is 0 Å². The van der Waals surface area contributed by atoms with Gasteiger partial charge in [0, 0.05) is 23.5 Å². The SMILES string of the molecule is Cc1nc(=S)c(C)c(-c2cncnc2)[nH]1. The quantitative estimate of drug-likeness (QED) is 0.746. The highest BCUT2D eigenvalue weighted by molar-refractivity contribution is 7.71. The summed E-state index contributed by atoms with van der Waals surface area (Å²) in [5.41, 5.74) is 2.81. The van der Waals surface area contributed by atoms with Gasteiger partial charge in [0.05, 0.1) is 5.69 Å². The molecule has 0 saturated heterocycles.